The van der Waals surface area contributed by atoms with Crippen LogP contribution in [0.5, 0.6) is 11.5 Å². The SMILES string of the molecule is CCOc1cccc2sc(N(CCN(C)C)C(=O)c3cccc(OC)c3)nc12. The lowest BCUT2D eigenvalue weighted by molar-refractivity contribution is 0.0985. The highest BCUT2D eigenvalue weighted by Crippen LogP contribution is 2.34. The van der Waals surface area contributed by atoms with Crippen LogP contribution in [-0.4, -0.2) is 56.7 Å². The van der Waals surface area contributed by atoms with Crippen molar-refractivity contribution in [1.29, 1.82) is 0 Å². The van der Waals surface area contributed by atoms with Crippen LogP contribution in [-0.2, 0) is 0 Å². The number of carbonyl (C=O) groups is 1. The second-order valence-electron chi connectivity index (χ2n) is 6.52. The lowest BCUT2D eigenvalue weighted by Gasteiger charge is -2.22. The lowest BCUT2D eigenvalue weighted by atomic mass is 10.2. The van der Waals surface area contributed by atoms with Crippen molar-refractivity contribution in [2.75, 3.05) is 45.8 Å². The van der Waals surface area contributed by atoms with Gasteiger partial charge in [-0.15, -0.1) is 0 Å². The lowest BCUT2D eigenvalue weighted by Crippen LogP contribution is -2.36. The molecule has 1 heterocycles. The molecule has 0 N–H and O–H groups in total. The van der Waals surface area contributed by atoms with Crippen molar-refractivity contribution in [3.05, 3.63) is 48.0 Å². The number of rotatable bonds is 8. The number of para-hydroxylation sites is 1. The summed E-state index contributed by atoms with van der Waals surface area (Å²) < 4.78 is 12.0. The zero-order chi connectivity index (χ0) is 20.1. The first-order valence-electron chi connectivity index (χ1n) is 9.16. The molecule has 0 fully saturated rings. The summed E-state index contributed by atoms with van der Waals surface area (Å²) in [7, 11) is 5.57. The summed E-state index contributed by atoms with van der Waals surface area (Å²) in [6.07, 6.45) is 0. The van der Waals surface area contributed by atoms with E-state index in [2.05, 4.69) is 0 Å². The number of anilines is 1. The van der Waals surface area contributed by atoms with Crippen molar-refractivity contribution in [3.63, 3.8) is 0 Å². The third-order valence-electron chi connectivity index (χ3n) is 4.23. The number of hydrogen-bond acceptors (Lipinski definition) is 6. The number of likely N-dealkylation sites (N-methyl/N-ethyl adjacent to an activating group) is 1. The second kappa shape index (κ2) is 9.03. The Kier molecular flexibility index (Phi) is 6.49. The molecule has 28 heavy (non-hydrogen) atoms. The van der Waals surface area contributed by atoms with E-state index >= 15 is 0 Å². The molecule has 1 amide bonds. The maximum Gasteiger partial charge on any atom is 0.260 e. The van der Waals surface area contributed by atoms with Gasteiger partial charge >= 0.3 is 0 Å². The first-order valence-corrected chi connectivity index (χ1v) is 9.98. The Hall–Kier alpha value is -2.64. The predicted octanol–water partition coefficient (Wildman–Crippen LogP) is 3.91. The number of nitrogens with zero attached hydrogens (tertiary/aromatic N) is 3. The Bertz CT molecular complexity index is 955. The smallest absolute Gasteiger partial charge is 0.260 e. The van der Waals surface area contributed by atoms with Gasteiger partial charge in [0.15, 0.2) is 5.13 Å². The zero-order valence-electron chi connectivity index (χ0n) is 16.6. The Labute approximate surface area is 169 Å². The van der Waals surface area contributed by atoms with Gasteiger partial charge < -0.3 is 14.4 Å². The fourth-order valence-electron chi connectivity index (χ4n) is 2.79. The van der Waals surface area contributed by atoms with E-state index in [4.69, 9.17) is 14.5 Å². The molecule has 7 heteroatoms. The number of amides is 1. The molecular weight excluding hydrogens is 374 g/mol. The van der Waals surface area contributed by atoms with Crippen LogP contribution >= 0.6 is 11.3 Å². The van der Waals surface area contributed by atoms with E-state index in [1.165, 1.54) is 11.3 Å². The van der Waals surface area contributed by atoms with Crippen LogP contribution in [0.2, 0.25) is 0 Å². The molecule has 148 valence electrons. The van der Waals surface area contributed by atoms with Gasteiger partial charge in [0.05, 0.1) is 18.4 Å². The highest BCUT2D eigenvalue weighted by molar-refractivity contribution is 7.22. The molecule has 0 radical (unpaired) electrons. The van der Waals surface area contributed by atoms with Crippen molar-refractivity contribution >= 4 is 32.6 Å². The standard InChI is InChI=1S/C21H25N3O3S/c1-5-27-17-10-7-11-18-19(17)22-21(28-18)24(13-12-23(2)3)20(25)15-8-6-9-16(14-15)26-4/h6-11,14H,5,12-13H2,1-4H3. The van der Waals surface area contributed by atoms with Gasteiger partial charge in [-0.25, -0.2) is 4.98 Å². The molecule has 0 bridgehead atoms. The summed E-state index contributed by atoms with van der Waals surface area (Å²) in [5.74, 6) is 1.29. The van der Waals surface area contributed by atoms with Gasteiger partial charge in [-0.2, -0.15) is 0 Å². The number of methoxy groups -OCH3 is 1. The maximum atomic E-state index is 13.3. The summed E-state index contributed by atoms with van der Waals surface area (Å²) in [5, 5.41) is 0.664. The molecule has 3 rings (SSSR count). The van der Waals surface area contributed by atoms with E-state index in [1.807, 2.05) is 56.3 Å². The largest absolute Gasteiger partial charge is 0.497 e. The molecule has 0 aliphatic carbocycles. The first kappa shape index (κ1) is 20.1. The van der Waals surface area contributed by atoms with E-state index in [0.717, 1.165) is 22.5 Å². The van der Waals surface area contributed by atoms with Crippen molar-refractivity contribution < 1.29 is 14.3 Å². The van der Waals surface area contributed by atoms with Crippen LogP contribution < -0.4 is 14.4 Å². The Morgan fingerprint density at radius 2 is 1.93 bits per heavy atom. The van der Waals surface area contributed by atoms with Crippen LogP contribution in [0, 0.1) is 0 Å². The van der Waals surface area contributed by atoms with Gasteiger partial charge in [0.25, 0.3) is 5.91 Å². The first-order chi connectivity index (χ1) is 13.5. The topological polar surface area (TPSA) is 54.9 Å². The zero-order valence-corrected chi connectivity index (χ0v) is 17.5. The summed E-state index contributed by atoms with van der Waals surface area (Å²) in [5.41, 5.74) is 1.36. The number of aromatic nitrogens is 1. The van der Waals surface area contributed by atoms with E-state index in [1.54, 1.807) is 24.1 Å². The molecule has 1 aromatic heterocycles. The molecule has 0 aliphatic rings. The molecule has 0 aliphatic heterocycles. The molecule has 2 aromatic carbocycles. The number of thiazole rings is 1. The Morgan fingerprint density at radius 3 is 2.64 bits per heavy atom. The number of hydrogen-bond donors (Lipinski definition) is 0. The number of ether oxygens (including phenoxy) is 2. The quantitative estimate of drug-likeness (QED) is 0.575. The molecule has 0 atom stereocenters. The summed E-state index contributed by atoms with van der Waals surface area (Å²) in [6, 6.07) is 13.1. The summed E-state index contributed by atoms with van der Waals surface area (Å²) in [6.45, 7) is 3.78. The number of fused-ring (bicyclic) bond motifs is 1. The third kappa shape index (κ3) is 4.43. The van der Waals surface area contributed by atoms with Crippen molar-refractivity contribution in [1.82, 2.24) is 9.88 Å². The number of benzene rings is 2. The summed E-state index contributed by atoms with van der Waals surface area (Å²) in [4.78, 5) is 21.8. The van der Waals surface area contributed by atoms with Gasteiger partial charge in [-0.3, -0.25) is 9.69 Å². The van der Waals surface area contributed by atoms with Crippen molar-refractivity contribution in [3.8, 4) is 11.5 Å². The van der Waals surface area contributed by atoms with E-state index < -0.39 is 0 Å². The Balaban J connectivity index is 2.00. The summed E-state index contributed by atoms with van der Waals surface area (Å²) >= 11 is 1.49. The van der Waals surface area contributed by atoms with E-state index in [9.17, 15) is 4.79 Å². The van der Waals surface area contributed by atoms with Crippen LogP contribution in [0.3, 0.4) is 0 Å². The molecule has 0 saturated carbocycles. The highest BCUT2D eigenvalue weighted by atomic mass is 32.1. The molecule has 0 unspecified atom stereocenters. The van der Waals surface area contributed by atoms with E-state index in [0.29, 0.717) is 29.6 Å². The molecule has 3 aromatic rings. The van der Waals surface area contributed by atoms with Crippen molar-refractivity contribution in [2.24, 2.45) is 0 Å². The molecule has 6 nitrogen and oxygen atoms in total. The minimum atomic E-state index is -0.0993. The van der Waals surface area contributed by atoms with Crippen LogP contribution in [0.25, 0.3) is 10.2 Å². The minimum Gasteiger partial charge on any atom is -0.497 e. The van der Waals surface area contributed by atoms with Gasteiger partial charge in [-0.05, 0) is 51.4 Å². The molecular formula is C21H25N3O3S. The predicted molar refractivity (Wildman–Crippen MR) is 114 cm³/mol. The monoisotopic (exact) mass is 399 g/mol. The average molecular weight is 400 g/mol. The average Bonchev–Trinajstić information content (AvgIpc) is 3.13. The highest BCUT2D eigenvalue weighted by Gasteiger charge is 2.22. The fraction of sp³-hybridized carbons (Fsp3) is 0.333. The van der Waals surface area contributed by atoms with Gasteiger partial charge in [0.1, 0.15) is 17.0 Å². The minimum absolute atomic E-state index is 0.0993. The van der Waals surface area contributed by atoms with Gasteiger partial charge in [-0.1, -0.05) is 23.5 Å². The second-order valence-corrected chi connectivity index (χ2v) is 7.53. The normalized spacial score (nSPS) is 11.0. The molecule has 0 saturated heterocycles. The number of carbonyl (C=O) groups excluding carboxylic acids is 1. The van der Waals surface area contributed by atoms with Crippen LogP contribution in [0.15, 0.2) is 42.5 Å². The van der Waals surface area contributed by atoms with Crippen LogP contribution in [0.1, 0.15) is 17.3 Å². The van der Waals surface area contributed by atoms with Crippen molar-refractivity contribution in [2.45, 2.75) is 6.92 Å². The van der Waals surface area contributed by atoms with E-state index in [-0.39, 0.29) is 5.91 Å². The Morgan fingerprint density at radius 1 is 1.14 bits per heavy atom. The van der Waals surface area contributed by atoms with Gasteiger partial charge in [0.2, 0.25) is 0 Å². The fourth-order valence-corrected chi connectivity index (χ4v) is 3.80. The maximum absolute atomic E-state index is 13.3. The molecule has 0 spiro atoms. The van der Waals surface area contributed by atoms with Crippen LogP contribution in [0.4, 0.5) is 5.13 Å². The van der Waals surface area contributed by atoms with Gasteiger partial charge in [0, 0.05) is 18.7 Å². The third-order valence-corrected chi connectivity index (χ3v) is 5.28.